The van der Waals surface area contributed by atoms with Gasteiger partial charge in [0.15, 0.2) is 0 Å². The van der Waals surface area contributed by atoms with Crippen LogP contribution in [-0.4, -0.2) is 33.2 Å². The topological polar surface area (TPSA) is 59.4 Å². The van der Waals surface area contributed by atoms with E-state index < -0.39 is 0 Å². The molecular weight excluding hydrogens is 412 g/mol. The summed E-state index contributed by atoms with van der Waals surface area (Å²) in [5.74, 6) is 1.47. The molecule has 0 unspecified atom stereocenters. The lowest BCUT2D eigenvalue weighted by Gasteiger charge is -2.33. The van der Waals surface area contributed by atoms with Crippen molar-refractivity contribution in [3.8, 4) is 5.75 Å². The highest BCUT2D eigenvalue weighted by Gasteiger charge is 2.27. The molecule has 0 spiro atoms. The summed E-state index contributed by atoms with van der Waals surface area (Å²) in [6.45, 7) is 6.12. The summed E-state index contributed by atoms with van der Waals surface area (Å²) >= 11 is 0. The van der Waals surface area contributed by atoms with Crippen molar-refractivity contribution in [1.29, 1.82) is 0 Å². The van der Waals surface area contributed by atoms with Gasteiger partial charge in [0.05, 0.1) is 6.04 Å². The molecular formula is C27H34N4O2. The van der Waals surface area contributed by atoms with Gasteiger partial charge in [0.25, 0.3) is 0 Å². The molecule has 3 aromatic rings. The number of ether oxygens (including phenoxy) is 1. The Hall–Kier alpha value is -3.28. The van der Waals surface area contributed by atoms with Crippen LogP contribution in [0.5, 0.6) is 5.75 Å². The van der Waals surface area contributed by atoms with E-state index in [1.165, 1.54) is 0 Å². The summed E-state index contributed by atoms with van der Waals surface area (Å²) in [4.78, 5) is 15.7. The molecule has 1 amide bonds. The molecule has 1 aliphatic rings. The fourth-order valence-corrected chi connectivity index (χ4v) is 4.46. The Morgan fingerprint density at radius 1 is 1.12 bits per heavy atom. The van der Waals surface area contributed by atoms with Gasteiger partial charge in [-0.1, -0.05) is 50.2 Å². The van der Waals surface area contributed by atoms with Crippen molar-refractivity contribution in [2.75, 3.05) is 11.9 Å². The van der Waals surface area contributed by atoms with Gasteiger partial charge in [0.2, 0.25) is 5.91 Å². The molecule has 1 aliphatic heterocycles. The monoisotopic (exact) mass is 446 g/mol. The average molecular weight is 447 g/mol. The van der Waals surface area contributed by atoms with E-state index in [0.717, 1.165) is 34.7 Å². The Bertz CT molecular complexity index is 1080. The molecule has 4 rings (SSSR count). The maximum Gasteiger partial charge on any atom is 0.223 e. The zero-order chi connectivity index (χ0) is 23.2. The fraction of sp³-hybridized carbons (Fsp3) is 0.407. The van der Waals surface area contributed by atoms with Crippen LogP contribution in [0.3, 0.4) is 0 Å². The number of aromatic nitrogens is 2. The van der Waals surface area contributed by atoms with Crippen LogP contribution in [0, 0.1) is 5.92 Å². The van der Waals surface area contributed by atoms with E-state index in [0.29, 0.717) is 38.5 Å². The molecule has 0 fully saturated rings. The third-order valence-corrected chi connectivity index (χ3v) is 6.25. The summed E-state index contributed by atoms with van der Waals surface area (Å²) in [7, 11) is 1.92. The second-order valence-electron chi connectivity index (χ2n) is 9.18. The second-order valence-corrected chi connectivity index (χ2v) is 9.18. The summed E-state index contributed by atoms with van der Waals surface area (Å²) in [6.07, 6.45) is 3.78. The highest BCUT2D eigenvalue weighted by atomic mass is 16.5. The first-order valence-corrected chi connectivity index (χ1v) is 11.8. The van der Waals surface area contributed by atoms with Gasteiger partial charge in [-0.25, -0.2) is 0 Å². The normalized spacial score (nSPS) is 16.2. The number of nitrogens with one attached hydrogen (secondary N) is 1. The van der Waals surface area contributed by atoms with Gasteiger partial charge >= 0.3 is 0 Å². The van der Waals surface area contributed by atoms with Crippen molar-refractivity contribution in [3.63, 3.8) is 0 Å². The highest BCUT2D eigenvalue weighted by Crippen LogP contribution is 2.27. The van der Waals surface area contributed by atoms with Gasteiger partial charge in [-0.05, 0) is 42.5 Å². The van der Waals surface area contributed by atoms with Gasteiger partial charge in [-0.3, -0.25) is 9.48 Å². The summed E-state index contributed by atoms with van der Waals surface area (Å²) in [5, 5.41) is 7.80. The van der Waals surface area contributed by atoms with Crippen molar-refractivity contribution in [2.45, 2.75) is 52.2 Å². The minimum Gasteiger partial charge on any atom is -0.491 e. The van der Waals surface area contributed by atoms with E-state index in [1.807, 2.05) is 53.0 Å². The van der Waals surface area contributed by atoms with Crippen LogP contribution < -0.4 is 10.1 Å². The van der Waals surface area contributed by atoms with Crippen LogP contribution in [0.1, 0.15) is 43.5 Å². The zero-order valence-corrected chi connectivity index (χ0v) is 19.8. The average Bonchev–Trinajstić information content (AvgIpc) is 3.21. The lowest BCUT2D eigenvalue weighted by Crippen LogP contribution is -2.44. The Labute approximate surface area is 196 Å². The number of hydrogen-bond acceptors (Lipinski definition) is 4. The zero-order valence-electron chi connectivity index (χ0n) is 19.8. The molecule has 6 nitrogen and oxygen atoms in total. The van der Waals surface area contributed by atoms with Crippen LogP contribution in [0.15, 0.2) is 60.8 Å². The molecule has 2 aromatic carbocycles. The van der Waals surface area contributed by atoms with Gasteiger partial charge in [0, 0.05) is 49.7 Å². The standard InChI is InChI=1S/C27H34N4O2/c1-20(2)16-24-19-33-26-11-7-5-8-21(26)17-28-25-10-6-4-9-22(25)18-31(24)27(32)13-12-23-14-15-29-30(23)3/h4-11,14-15,20,24,28H,12-13,16-19H2,1-3H3/t24-/m0/s1. The number of carbonyl (C=O) groups is 1. The number of aryl methyl sites for hydroxylation is 2. The first-order valence-electron chi connectivity index (χ1n) is 11.8. The van der Waals surface area contributed by atoms with Crippen molar-refractivity contribution in [1.82, 2.24) is 14.7 Å². The number of benzene rings is 2. The minimum atomic E-state index is -0.0109. The molecule has 33 heavy (non-hydrogen) atoms. The van der Waals surface area contributed by atoms with Gasteiger partial charge in [-0.15, -0.1) is 0 Å². The first kappa shape index (κ1) is 22.9. The predicted molar refractivity (Wildman–Crippen MR) is 131 cm³/mol. The van der Waals surface area contributed by atoms with Crippen molar-refractivity contribution >= 4 is 11.6 Å². The van der Waals surface area contributed by atoms with Crippen molar-refractivity contribution < 1.29 is 9.53 Å². The SMILES string of the molecule is CC(C)C[C@H]1COc2ccccc2CNc2ccccc2CN1C(=O)CCc1ccnn1C. The molecule has 174 valence electrons. The molecule has 6 heteroatoms. The number of amides is 1. The maximum absolute atomic E-state index is 13.6. The number of anilines is 1. The lowest BCUT2D eigenvalue weighted by molar-refractivity contribution is -0.135. The van der Waals surface area contributed by atoms with Crippen LogP contribution in [0.2, 0.25) is 0 Å². The second kappa shape index (κ2) is 10.6. The summed E-state index contributed by atoms with van der Waals surface area (Å²) < 4.78 is 8.17. The molecule has 0 bridgehead atoms. The number of para-hydroxylation sites is 2. The molecule has 0 radical (unpaired) electrons. The van der Waals surface area contributed by atoms with Crippen molar-refractivity contribution in [3.05, 3.63) is 77.6 Å². The molecule has 1 aromatic heterocycles. The number of nitrogens with zero attached hydrogens (tertiary/aromatic N) is 3. The van der Waals surface area contributed by atoms with Gasteiger partial charge < -0.3 is 15.0 Å². The number of carbonyl (C=O) groups excluding carboxylic acids is 1. The van der Waals surface area contributed by atoms with Gasteiger partial charge in [-0.2, -0.15) is 5.10 Å². The van der Waals surface area contributed by atoms with Crippen LogP contribution >= 0.6 is 0 Å². The predicted octanol–water partition coefficient (Wildman–Crippen LogP) is 4.80. The summed E-state index contributed by atoms with van der Waals surface area (Å²) in [5.41, 5.74) is 4.36. The van der Waals surface area contributed by atoms with E-state index in [-0.39, 0.29) is 11.9 Å². The Balaban J connectivity index is 1.66. The highest BCUT2D eigenvalue weighted by molar-refractivity contribution is 5.77. The number of rotatable bonds is 5. The fourth-order valence-electron chi connectivity index (χ4n) is 4.46. The van der Waals surface area contributed by atoms with E-state index in [9.17, 15) is 4.79 Å². The number of fused-ring (bicyclic) bond motifs is 2. The van der Waals surface area contributed by atoms with E-state index in [4.69, 9.17) is 4.74 Å². The number of hydrogen-bond donors (Lipinski definition) is 1. The van der Waals surface area contributed by atoms with Crippen molar-refractivity contribution in [2.24, 2.45) is 13.0 Å². The third-order valence-electron chi connectivity index (χ3n) is 6.25. The Kier molecular flexibility index (Phi) is 7.33. The van der Waals surface area contributed by atoms with E-state index in [1.54, 1.807) is 6.20 Å². The minimum absolute atomic E-state index is 0.0109. The van der Waals surface area contributed by atoms with E-state index >= 15 is 0 Å². The quantitative estimate of drug-likeness (QED) is 0.612. The molecule has 0 saturated heterocycles. The van der Waals surface area contributed by atoms with Crippen LogP contribution in [-0.2, 0) is 31.4 Å². The molecule has 1 atom stereocenters. The molecule has 2 heterocycles. The summed E-state index contributed by atoms with van der Waals surface area (Å²) in [6, 6.07) is 18.4. The van der Waals surface area contributed by atoms with Gasteiger partial charge in [0.1, 0.15) is 12.4 Å². The smallest absolute Gasteiger partial charge is 0.223 e. The molecule has 0 saturated carbocycles. The molecule has 1 N–H and O–H groups in total. The largest absolute Gasteiger partial charge is 0.491 e. The Morgan fingerprint density at radius 2 is 1.88 bits per heavy atom. The third kappa shape index (κ3) is 5.75. The Morgan fingerprint density at radius 3 is 2.64 bits per heavy atom. The lowest BCUT2D eigenvalue weighted by atomic mass is 10.0. The maximum atomic E-state index is 13.6. The van der Waals surface area contributed by atoms with Crippen LogP contribution in [0.4, 0.5) is 5.69 Å². The first-order chi connectivity index (χ1) is 16.0. The van der Waals surface area contributed by atoms with E-state index in [2.05, 4.69) is 42.5 Å². The molecule has 0 aliphatic carbocycles. The van der Waals surface area contributed by atoms with Crippen LogP contribution in [0.25, 0.3) is 0 Å².